The lowest BCUT2D eigenvalue weighted by atomic mass is 10.0. The molecule has 0 atom stereocenters. The first kappa shape index (κ1) is 22.3. The molecule has 0 N–H and O–H groups in total. The van der Waals surface area contributed by atoms with Gasteiger partial charge in [0.25, 0.3) is 0 Å². The summed E-state index contributed by atoms with van der Waals surface area (Å²) in [5.74, 6) is 5.71. The van der Waals surface area contributed by atoms with Crippen LogP contribution < -0.4 is 0 Å². The minimum atomic E-state index is -0.416. The standard InChI is InChI=1S/C16H20N2O4S2/c1-13(19)23-11-7-15(5-9-17(3)4)16(6-10-18(21)22)8-12-24-14(2)20/h5-6,9-10H2,1-4H3/b16-15+. The normalized spacial score (nSPS) is 10.9. The van der Waals surface area contributed by atoms with Crippen molar-refractivity contribution in [2.24, 2.45) is 0 Å². The number of hydrogen-bond acceptors (Lipinski definition) is 7. The summed E-state index contributed by atoms with van der Waals surface area (Å²) in [6.45, 7) is 3.25. The van der Waals surface area contributed by atoms with Crippen LogP contribution in [0.1, 0.15) is 26.7 Å². The van der Waals surface area contributed by atoms with E-state index in [0.29, 0.717) is 24.1 Å². The maximum Gasteiger partial charge on any atom is 0.208 e. The summed E-state index contributed by atoms with van der Waals surface area (Å²) in [5, 5.41) is 15.7. The topological polar surface area (TPSA) is 80.5 Å². The molecule has 0 saturated heterocycles. The third kappa shape index (κ3) is 12.8. The summed E-state index contributed by atoms with van der Waals surface area (Å²) in [4.78, 5) is 34.2. The molecule has 0 amide bonds. The zero-order valence-corrected chi connectivity index (χ0v) is 15.8. The van der Waals surface area contributed by atoms with E-state index in [4.69, 9.17) is 0 Å². The van der Waals surface area contributed by atoms with Crippen LogP contribution in [0.3, 0.4) is 0 Å². The summed E-state index contributed by atoms with van der Waals surface area (Å²) in [6, 6.07) is 0. The van der Waals surface area contributed by atoms with E-state index in [2.05, 4.69) is 22.3 Å². The number of hydrogen-bond donors (Lipinski definition) is 0. The average Bonchev–Trinajstić information content (AvgIpc) is 2.45. The van der Waals surface area contributed by atoms with Gasteiger partial charge in [0.05, 0.1) is 0 Å². The van der Waals surface area contributed by atoms with E-state index in [1.807, 2.05) is 19.0 Å². The van der Waals surface area contributed by atoms with Gasteiger partial charge in [0, 0.05) is 66.4 Å². The summed E-state index contributed by atoms with van der Waals surface area (Å²) < 4.78 is 0. The Bertz CT molecular complexity index is 634. The molecule has 0 aromatic heterocycles. The first-order chi connectivity index (χ1) is 11.2. The zero-order valence-electron chi connectivity index (χ0n) is 14.2. The van der Waals surface area contributed by atoms with Gasteiger partial charge in [-0.25, -0.2) is 0 Å². The Morgan fingerprint density at radius 1 is 1.00 bits per heavy atom. The molecular weight excluding hydrogens is 348 g/mol. The highest BCUT2D eigenvalue weighted by atomic mass is 32.2. The fourth-order valence-corrected chi connectivity index (χ4v) is 2.07. The van der Waals surface area contributed by atoms with Crippen molar-refractivity contribution in [2.75, 3.05) is 27.2 Å². The Hall–Kier alpha value is -1.74. The maximum atomic E-state index is 11.0. The van der Waals surface area contributed by atoms with Gasteiger partial charge in [-0.05, 0) is 31.0 Å². The molecule has 0 radical (unpaired) electrons. The van der Waals surface area contributed by atoms with Gasteiger partial charge in [-0.3, -0.25) is 19.7 Å². The van der Waals surface area contributed by atoms with Gasteiger partial charge in [-0.2, -0.15) is 0 Å². The quantitative estimate of drug-likeness (QED) is 0.404. The van der Waals surface area contributed by atoms with Crippen LogP contribution in [0.4, 0.5) is 0 Å². The molecule has 130 valence electrons. The van der Waals surface area contributed by atoms with Gasteiger partial charge in [-0.15, -0.1) is 0 Å². The van der Waals surface area contributed by atoms with E-state index in [0.717, 1.165) is 23.5 Å². The molecule has 0 aliphatic carbocycles. The van der Waals surface area contributed by atoms with Crippen LogP contribution >= 0.6 is 23.5 Å². The molecule has 0 aromatic carbocycles. The van der Waals surface area contributed by atoms with Crippen molar-refractivity contribution < 1.29 is 14.5 Å². The minimum absolute atomic E-state index is 0.125. The zero-order chi connectivity index (χ0) is 18.5. The third-order valence-electron chi connectivity index (χ3n) is 2.51. The predicted octanol–water partition coefficient (Wildman–Crippen LogP) is 2.38. The summed E-state index contributed by atoms with van der Waals surface area (Å²) in [5.41, 5.74) is 1.20. The Morgan fingerprint density at radius 3 is 1.83 bits per heavy atom. The molecule has 6 nitrogen and oxygen atoms in total. The smallest absolute Gasteiger partial charge is 0.208 e. The van der Waals surface area contributed by atoms with E-state index >= 15 is 0 Å². The molecule has 0 rings (SSSR count). The number of carbonyl (C=O) groups excluding carboxylic acids is 2. The second-order valence-electron chi connectivity index (χ2n) is 4.96. The van der Waals surface area contributed by atoms with Gasteiger partial charge in [0.1, 0.15) is 0 Å². The summed E-state index contributed by atoms with van der Waals surface area (Å²) in [6.07, 6.45) is 0.700. The largest absolute Gasteiger partial charge is 0.309 e. The van der Waals surface area contributed by atoms with E-state index in [-0.39, 0.29) is 23.2 Å². The molecule has 0 saturated carbocycles. The highest BCUT2D eigenvalue weighted by Gasteiger charge is 2.08. The predicted molar refractivity (Wildman–Crippen MR) is 98.8 cm³/mol. The molecule has 0 unspecified atom stereocenters. The molecule has 24 heavy (non-hydrogen) atoms. The molecule has 0 heterocycles. The second-order valence-corrected chi connectivity index (χ2v) is 6.92. The Labute approximate surface area is 151 Å². The third-order valence-corrected chi connectivity index (χ3v) is 3.49. The van der Waals surface area contributed by atoms with Crippen LogP contribution in [0, 0.1) is 32.5 Å². The first-order valence-electron chi connectivity index (χ1n) is 7.07. The van der Waals surface area contributed by atoms with Crippen LogP contribution in [0.2, 0.25) is 0 Å². The monoisotopic (exact) mass is 368 g/mol. The molecule has 0 aliphatic rings. The van der Waals surface area contributed by atoms with Crippen molar-refractivity contribution in [3.63, 3.8) is 0 Å². The van der Waals surface area contributed by atoms with Gasteiger partial charge in [0.2, 0.25) is 6.54 Å². The van der Waals surface area contributed by atoms with Crippen LogP contribution in [0.15, 0.2) is 11.1 Å². The van der Waals surface area contributed by atoms with Gasteiger partial charge in [-0.1, -0.05) is 11.8 Å². The van der Waals surface area contributed by atoms with Gasteiger partial charge in [0.15, 0.2) is 10.2 Å². The van der Waals surface area contributed by atoms with Crippen LogP contribution in [0.25, 0.3) is 0 Å². The maximum absolute atomic E-state index is 11.0. The minimum Gasteiger partial charge on any atom is -0.309 e. The Kier molecular flexibility index (Phi) is 11.7. The van der Waals surface area contributed by atoms with Crippen LogP contribution in [0.5, 0.6) is 0 Å². The fourth-order valence-electron chi connectivity index (χ4n) is 1.43. The number of nitro groups is 1. The number of thioether (sulfide) groups is 2. The Balaban J connectivity index is 5.59. The highest BCUT2D eigenvalue weighted by Crippen LogP contribution is 2.14. The van der Waals surface area contributed by atoms with Crippen LogP contribution in [-0.2, 0) is 9.59 Å². The molecule has 0 bridgehead atoms. The molecule has 0 spiro atoms. The average molecular weight is 368 g/mol. The summed E-state index contributed by atoms with van der Waals surface area (Å²) in [7, 11) is 3.81. The van der Waals surface area contributed by atoms with Crippen molar-refractivity contribution in [2.45, 2.75) is 26.7 Å². The molecule has 8 heteroatoms. The van der Waals surface area contributed by atoms with Crippen molar-refractivity contribution in [1.29, 1.82) is 0 Å². The van der Waals surface area contributed by atoms with Crippen molar-refractivity contribution in [1.82, 2.24) is 4.90 Å². The van der Waals surface area contributed by atoms with Gasteiger partial charge < -0.3 is 4.90 Å². The van der Waals surface area contributed by atoms with Crippen molar-refractivity contribution in [3.8, 4) is 22.3 Å². The Morgan fingerprint density at radius 2 is 1.46 bits per heavy atom. The highest BCUT2D eigenvalue weighted by molar-refractivity contribution is 8.17. The lowest BCUT2D eigenvalue weighted by molar-refractivity contribution is -0.479. The molecule has 0 aromatic rings. The van der Waals surface area contributed by atoms with Crippen molar-refractivity contribution in [3.05, 3.63) is 21.3 Å². The summed E-state index contributed by atoms with van der Waals surface area (Å²) >= 11 is 1.72. The SMILES string of the molecule is CC(=O)SC#C/C(CCN(C)C)=C(/C#CSC(C)=O)CC[N+](=O)[O-]. The van der Waals surface area contributed by atoms with E-state index in [1.165, 1.54) is 13.8 Å². The first-order valence-corrected chi connectivity index (χ1v) is 8.71. The van der Waals surface area contributed by atoms with Gasteiger partial charge >= 0.3 is 0 Å². The van der Waals surface area contributed by atoms with Crippen LogP contribution in [-0.4, -0.2) is 47.2 Å². The molecule has 0 aliphatic heterocycles. The second kappa shape index (κ2) is 12.7. The molecular formula is C16H20N2O4S2. The van der Waals surface area contributed by atoms with Crippen molar-refractivity contribution >= 4 is 33.8 Å². The lowest BCUT2D eigenvalue weighted by Gasteiger charge is -2.10. The fraction of sp³-hybridized carbons (Fsp3) is 0.500. The number of carbonyl (C=O) groups is 2. The number of nitrogens with zero attached hydrogens (tertiary/aromatic N) is 2. The number of rotatable bonds is 6. The molecule has 0 fully saturated rings. The van der Waals surface area contributed by atoms with E-state index < -0.39 is 4.92 Å². The van der Waals surface area contributed by atoms with E-state index in [9.17, 15) is 19.7 Å². The van der Waals surface area contributed by atoms with E-state index in [1.54, 1.807) is 0 Å². The lowest BCUT2D eigenvalue weighted by Crippen LogP contribution is -2.14.